The van der Waals surface area contributed by atoms with Crippen LogP contribution in [0.3, 0.4) is 0 Å². The first-order valence-electron chi connectivity index (χ1n) is 11.9. The van der Waals surface area contributed by atoms with Crippen molar-refractivity contribution in [3.63, 3.8) is 0 Å². The highest BCUT2D eigenvalue weighted by molar-refractivity contribution is 6.31. The molecule has 0 radical (unpaired) electrons. The van der Waals surface area contributed by atoms with Crippen molar-refractivity contribution in [3.05, 3.63) is 58.6 Å². The van der Waals surface area contributed by atoms with Gasteiger partial charge in [0.05, 0.1) is 10.6 Å². The van der Waals surface area contributed by atoms with Crippen molar-refractivity contribution in [1.82, 2.24) is 0 Å². The summed E-state index contributed by atoms with van der Waals surface area (Å²) >= 11 is 6.19. The lowest BCUT2D eigenvalue weighted by atomic mass is 9.44. The second kappa shape index (κ2) is 9.24. The van der Waals surface area contributed by atoms with Gasteiger partial charge in [0.25, 0.3) is 0 Å². The summed E-state index contributed by atoms with van der Waals surface area (Å²) in [5.74, 6) is 1.52. The minimum absolute atomic E-state index is 0.0811. The van der Waals surface area contributed by atoms with Gasteiger partial charge in [-0.1, -0.05) is 39.3 Å². The van der Waals surface area contributed by atoms with Crippen molar-refractivity contribution in [1.29, 1.82) is 5.26 Å². The van der Waals surface area contributed by atoms with Gasteiger partial charge < -0.3 is 14.7 Å². The fraction of sp³-hybridized carbons (Fsp3) is 0.500. The fourth-order valence-corrected chi connectivity index (χ4v) is 6.33. The number of ether oxygens (including phenoxy) is 1. The van der Waals surface area contributed by atoms with E-state index in [9.17, 15) is 4.79 Å². The second-order valence-corrected chi connectivity index (χ2v) is 11.3. The molecule has 4 rings (SSSR count). The lowest BCUT2D eigenvalue weighted by molar-refractivity contribution is -0.196. The first-order valence-corrected chi connectivity index (χ1v) is 12.3. The molecule has 0 spiro atoms. The lowest BCUT2D eigenvalue weighted by Crippen LogP contribution is -2.66. The van der Waals surface area contributed by atoms with Gasteiger partial charge in [-0.3, -0.25) is 4.79 Å². The number of nitrogens with zero attached hydrogens (tertiary/aromatic N) is 2. The third-order valence-corrected chi connectivity index (χ3v) is 8.21. The minimum atomic E-state index is -0.196. The number of carbonyl (C=O) groups is 1. The Kier molecular flexibility index (Phi) is 6.68. The maximum absolute atomic E-state index is 13.2. The van der Waals surface area contributed by atoms with Crippen LogP contribution in [0.25, 0.3) is 0 Å². The molecule has 1 heterocycles. The van der Waals surface area contributed by atoms with E-state index in [-0.39, 0.29) is 35.2 Å². The van der Waals surface area contributed by atoms with E-state index in [0.717, 1.165) is 30.8 Å². The van der Waals surface area contributed by atoms with Crippen LogP contribution in [0, 0.1) is 34.0 Å². The molecule has 0 amide bonds. The molecule has 1 aliphatic carbocycles. The molecule has 1 saturated carbocycles. The predicted molar refractivity (Wildman–Crippen MR) is 134 cm³/mol. The Morgan fingerprint density at radius 2 is 1.79 bits per heavy atom. The molecule has 5 nitrogen and oxygen atoms in total. The summed E-state index contributed by atoms with van der Waals surface area (Å²) in [7, 11) is 0. The van der Waals surface area contributed by atoms with E-state index >= 15 is 0 Å². The number of halogens is 1. The summed E-state index contributed by atoms with van der Waals surface area (Å²) in [6.07, 6.45) is 1.24. The molecule has 6 heteroatoms. The zero-order valence-electron chi connectivity index (χ0n) is 20.3. The molecule has 0 atom stereocenters. The highest BCUT2D eigenvalue weighted by atomic mass is 35.5. The van der Waals surface area contributed by atoms with E-state index in [0.29, 0.717) is 28.7 Å². The average Bonchev–Trinajstić information content (AvgIpc) is 2.77. The first-order chi connectivity index (χ1) is 16.1. The number of hydrogen-bond donors (Lipinski definition) is 1. The number of ketones is 1. The molecule has 0 bridgehead atoms. The number of anilines is 1. The van der Waals surface area contributed by atoms with Crippen LogP contribution in [-0.2, 0) is 0 Å². The van der Waals surface area contributed by atoms with Gasteiger partial charge in [0, 0.05) is 54.3 Å². The summed E-state index contributed by atoms with van der Waals surface area (Å²) in [6, 6.07) is 15.1. The fourth-order valence-electron chi connectivity index (χ4n) is 6.12. The van der Waals surface area contributed by atoms with Crippen LogP contribution in [0.2, 0.25) is 5.02 Å². The van der Waals surface area contributed by atoms with Gasteiger partial charge in [0.2, 0.25) is 0 Å². The predicted octanol–water partition coefficient (Wildman–Crippen LogP) is 5.73. The maximum atomic E-state index is 13.2. The normalized spacial score (nSPS) is 22.9. The van der Waals surface area contributed by atoms with Gasteiger partial charge in [-0.15, -0.1) is 0 Å². The van der Waals surface area contributed by atoms with Crippen LogP contribution in [0.1, 0.15) is 56.5 Å². The van der Waals surface area contributed by atoms with Gasteiger partial charge in [-0.05, 0) is 54.7 Å². The van der Waals surface area contributed by atoms with Gasteiger partial charge >= 0.3 is 0 Å². The standard InChI is InChI=1S/C28H33ClN2O3/c1-27(2)25(28(3,4)26(27)34-22-10-7-20(15-30)23(29)13-22)14-24(33)19-5-8-21(9-6-19)31-16-18(17-31)11-12-32/h5-10,13,18,25-26,32H,11-12,14,16-17H2,1-4H3. The van der Waals surface area contributed by atoms with Crippen molar-refractivity contribution in [2.75, 3.05) is 24.6 Å². The molecule has 2 aromatic carbocycles. The van der Waals surface area contributed by atoms with Crippen LogP contribution in [0.4, 0.5) is 5.69 Å². The summed E-state index contributed by atoms with van der Waals surface area (Å²) in [5.41, 5.74) is 1.91. The minimum Gasteiger partial charge on any atom is -0.489 e. The van der Waals surface area contributed by atoms with Crippen LogP contribution in [0.5, 0.6) is 5.75 Å². The monoisotopic (exact) mass is 480 g/mol. The molecule has 0 unspecified atom stereocenters. The molecule has 0 aromatic heterocycles. The molecular weight excluding hydrogens is 448 g/mol. The van der Waals surface area contributed by atoms with E-state index in [4.69, 9.17) is 26.7 Å². The third-order valence-electron chi connectivity index (χ3n) is 7.90. The summed E-state index contributed by atoms with van der Waals surface area (Å²) < 4.78 is 6.34. The number of aliphatic hydroxyl groups is 1. The van der Waals surface area contributed by atoms with Crippen molar-refractivity contribution >= 4 is 23.1 Å². The van der Waals surface area contributed by atoms with E-state index in [2.05, 4.69) is 38.7 Å². The first kappa shape index (κ1) is 24.6. The molecule has 1 N–H and O–H groups in total. The van der Waals surface area contributed by atoms with Crippen LogP contribution < -0.4 is 9.64 Å². The van der Waals surface area contributed by atoms with Crippen molar-refractivity contribution in [2.45, 2.75) is 46.6 Å². The molecule has 1 saturated heterocycles. The van der Waals surface area contributed by atoms with Crippen molar-refractivity contribution in [3.8, 4) is 11.8 Å². The number of rotatable bonds is 8. The molecule has 2 aromatic rings. The third kappa shape index (κ3) is 4.42. The van der Waals surface area contributed by atoms with E-state index in [1.165, 1.54) is 0 Å². The number of hydrogen-bond acceptors (Lipinski definition) is 5. The Balaban J connectivity index is 1.39. The van der Waals surface area contributed by atoms with Gasteiger partial charge in [0.1, 0.15) is 17.9 Å². The van der Waals surface area contributed by atoms with Gasteiger partial charge in [0.15, 0.2) is 5.78 Å². The molecule has 2 fully saturated rings. The Bertz CT molecular complexity index is 1080. The summed E-state index contributed by atoms with van der Waals surface area (Å²) in [6.45, 7) is 10.8. The van der Waals surface area contributed by atoms with E-state index < -0.39 is 0 Å². The highest BCUT2D eigenvalue weighted by Crippen LogP contribution is 2.61. The molecule has 1 aliphatic heterocycles. The van der Waals surface area contributed by atoms with Crippen molar-refractivity contribution in [2.24, 2.45) is 22.7 Å². The number of carbonyl (C=O) groups excluding carboxylic acids is 1. The van der Waals surface area contributed by atoms with E-state index in [1.54, 1.807) is 18.2 Å². The zero-order valence-corrected chi connectivity index (χ0v) is 21.1. The smallest absolute Gasteiger partial charge is 0.163 e. The molecule has 34 heavy (non-hydrogen) atoms. The number of aliphatic hydroxyl groups excluding tert-OH is 1. The summed E-state index contributed by atoms with van der Waals surface area (Å²) in [5, 5.41) is 18.5. The van der Waals surface area contributed by atoms with Crippen LogP contribution in [0.15, 0.2) is 42.5 Å². The molecule has 180 valence electrons. The van der Waals surface area contributed by atoms with Gasteiger partial charge in [-0.2, -0.15) is 5.26 Å². The largest absolute Gasteiger partial charge is 0.489 e. The Morgan fingerprint density at radius 1 is 1.15 bits per heavy atom. The summed E-state index contributed by atoms with van der Waals surface area (Å²) in [4.78, 5) is 15.5. The van der Waals surface area contributed by atoms with Crippen molar-refractivity contribution < 1.29 is 14.6 Å². The topological polar surface area (TPSA) is 73.6 Å². The van der Waals surface area contributed by atoms with Crippen LogP contribution >= 0.6 is 11.6 Å². The Morgan fingerprint density at radius 3 is 2.35 bits per heavy atom. The Labute approximate surface area is 207 Å². The second-order valence-electron chi connectivity index (χ2n) is 10.9. The Hall–Kier alpha value is -2.55. The quantitative estimate of drug-likeness (QED) is 0.488. The molecule has 2 aliphatic rings. The van der Waals surface area contributed by atoms with E-state index in [1.807, 2.05) is 24.3 Å². The SMILES string of the molecule is CC1(C)C(CC(=O)c2ccc(N3CC(CCO)C3)cc2)C(C)(C)C1Oc1ccc(C#N)c(Cl)c1. The van der Waals surface area contributed by atoms with Gasteiger partial charge in [-0.25, -0.2) is 0 Å². The number of benzene rings is 2. The maximum Gasteiger partial charge on any atom is 0.163 e. The lowest BCUT2D eigenvalue weighted by Gasteiger charge is -2.63. The number of nitriles is 1. The average molecular weight is 481 g/mol. The number of Topliss-reactive ketones (excluding diaryl/α,β-unsaturated/α-hetero) is 1. The molecular formula is C28H33ClN2O3. The zero-order chi connectivity index (χ0) is 24.7. The van der Waals surface area contributed by atoms with Crippen LogP contribution in [-0.4, -0.2) is 36.7 Å². The highest BCUT2D eigenvalue weighted by Gasteiger charge is 2.63.